The Balaban J connectivity index is 2.64. The Morgan fingerprint density at radius 2 is 2.21 bits per heavy atom. The lowest BCUT2D eigenvalue weighted by Crippen LogP contribution is -2.04. The van der Waals surface area contributed by atoms with Crippen molar-refractivity contribution in [2.75, 3.05) is 0 Å². The van der Waals surface area contributed by atoms with Crippen LogP contribution in [0.4, 0.5) is 0 Å². The smallest absolute Gasteiger partial charge is 0.0624 e. The first kappa shape index (κ1) is 10.8. The van der Waals surface area contributed by atoms with E-state index in [0.717, 1.165) is 32.2 Å². The molecule has 0 N–H and O–H groups in total. The van der Waals surface area contributed by atoms with E-state index in [1.54, 1.807) is 0 Å². The van der Waals surface area contributed by atoms with Crippen LogP contribution in [0, 0.1) is 12.3 Å². The first-order valence-electron chi connectivity index (χ1n) is 5.30. The van der Waals surface area contributed by atoms with Gasteiger partial charge in [-0.05, 0) is 25.3 Å². The molecule has 0 aliphatic heterocycles. The lowest BCUT2D eigenvalue weighted by Gasteiger charge is -2.03. The van der Waals surface area contributed by atoms with Crippen LogP contribution in [0.2, 0.25) is 0 Å². The zero-order valence-corrected chi connectivity index (χ0v) is 9.08. The largest absolute Gasteiger partial charge is 0.269 e. The zero-order valence-electron chi connectivity index (χ0n) is 9.08. The maximum Gasteiger partial charge on any atom is 0.0624 e. The standard InChI is InChI=1S/C12H18N2/c1-4-7-8-9-14-12(6-3)10-11(5-2)13-14/h1,10H,5-9H2,2-3H3. The summed E-state index contributed by atoms with van der Waals surface area (Å²) in [5, 5.41) is 4.52. The number of rotatable bonds is 5. The Bertz CT molecular complexity index is 318. The summed E-state index contributed by atoms with van der Waals surface area (Å²) in [5.41, 5.74) is 2.50. The van der Waals surface area contributed by atoms with E-state index in [1.165, 1.54) is 11.4 Å². The fourth-order valence-corrected chi connectivity index (χ4v) is 1.50. The van der Waals surface area contributed by atoms with E-state index in [9.17, 15) is 0 Å². The van der Waals surface area contributed by atoms with Gasteiger partial charge in [-0.3, -0.25) is 4.68 Å². The third-order valence-corrected chi connectivity index (χ3v) is 2.33. The van der Waals surface area contributed by atoms with Crippen molar-refractivity contribution in [1.29, 1.82) is 0 Å². The lowest BCUT2D eigenvalue weighted by atomic mass is 10.2. The minimum atomic E-state index is 0.838. The maximum atomic E-state index is 5.21. The quantitative estimate of drug-likeness (QED) is 0.515. The molecule has 0 spiro atoms. The molecule has 0 amide bonds. The Labute approximate surface area is 86.3 Å². The van der Waals surface area contributed by atoms with Crippen LogP contribution in [-0.2, 0) is 19.4 Å². The number of aryl methyl sites for hydroxylation is 3. The van der Waals surface area contributed by atoms with Gasteiger partial charge in [-0.15, -0.1) is 12.3 Å². The van der Waals surface area contributed by atoms with Crippen LogP contribution in [0.3, 0.4) is 0 Å². The lowest BCUT2D eigenvalue weighted by molar-refractivity contribution is 0.558. The van der Waals surface area contributed by atoms with Gasteiger partial charge < -0.3 is 0 Å². The molecule has 76 valence electrons. The first-order valence-corrected chi connectivity index (χ1v) is 5.30. The second-order valence-corrected chi connectivity index (χ2v) is 3.36. The van der Waals surface area contributed by atoms with Gasteiger partial charge in [0.15, 0.2) is 0 Å². The molecule has 1 rings (SSSR count). The topological polar surface area (TPSA) is 17.8 Å². The molecular formula is C12H18N2. The summed E-state index contributed by atoms with van der Waals surface area (Å²) in [7, 11) is 0. The molecule has 0 aliphatic carbocycles. The summed E-state index contributed by atoms with van der Waals surface area (Å²) in [6, 6.07) is 2.19. The summed E-state index contributed by atoms with van der Waals surface area (Å²) < 4.78 is 2.09. The fourth-order valence-electron chi connectivity index (χ4n) is 1.50. The van der Waals surface area contributed by atoms with Crippen molar-refractivity contribution in [3.8, 4) is 12.3 Å². The van der Waals surface area contributed by atoms with Gasteiger partial charge in [-0.1, -0.05) is 13.8 Å². The number of nitrogens with zero attached hydrogens (tertiary/aromatic N) is 2. The molecule has 1 aromatic heterocycles. The highest BCUT2D eigenvalue weighted by atomic mass is 15.3. The third-order valence-electron chi connectivity index (χ3n) is 2.33. The number of hydrogen-bond acceptors (Lipinski definition) is 1. The number of aromatic nitrogens is 2. The second-order valence-electron chi connectivity index (χ2n) is 3.36. The molecule has 0 unspecified atom stereocenters. The molecular weight excluding hydrogens is 172 g/mol. The minimum absolute atomic E-state index is 0.838. The van der Waals surface area contributed by atoms with Gasteiger partial charge in [0.1, 0.15) is 0 Å². The van der Waals surface area contributed by atoms with Crippen LogP contribution in [0.1, 0.15) is 38.1 Å². The van der Waals surface area contributed by atoms with Crippen LogP contribution < -0.4 is 0 Å². The Kier molecular flexibility index (Phi) is 4.25. The summed E-state index contributed by atoms with van der Waals surface area (Å²) in [4.78, 5) is 0. The van der Waals surface area contributed by atoms with Crippen molar-refractivity contribution in [3.05, 3.63) is 17.5 Å². The SMILES string of the molecule is C#CCCCn1nc(CC)cc1CC. The molecule has 0 fully saturated rings. The van der Waals surface area contributed by atoms with Crippen molar-refractivity contribution in [2.45, 2.75) is 46.1 Å². The minimum Gasteiger partial charge on any atom is -0.269 e. The highest BCUT2D eigenvalue weighted by molar-refractivity contribution is 5.10. The highest BCUT2D eigenvalue weighted by Gasteiger charge is 2.03. The average molecular weight is 190 g/mol. The Morgan fingerprint density at radius 1 is 1.43 bits per heavy atom. The van der Waals surface area contributed by atoms with Gasteiger partial charge in [0, 0.05) is 18.7 Å². The summed E-state index contributed by atoms with van der Waals surface area (Å²) in [6.45, 7) is 5.25. The van der Waals surface area contributed by atoms with E-state index in [2.05, 4.69) is 35.6 Å². The summed E-state index contributed by atoms with van der Waals surface area (Å²) >= 11 is 0. The van der Waals surface area contributed by atoms with E-state index in [-0.39, 0.29) is 0 Å². The molecule has 2 heteroatoms. The number of unbranched alkanes of at least 4 members (excludes halogenated alkanes) is 1. The normalized spacial score (nSPS) is 10.1. The Hall–Kier alpha value is -1.23. The van der Waals surface area contributed by atoms with E-state index in [1.807, 2.05) is 0 Å². The maximum absolute atomic E-state index is 5.21. The van der Waals surface area contributed by atoms with Crippen LogP contribution >= 0.6 is 0 Å². The first-order chi connectivity index (χ1) is 6.81. The molecule has 0 saturated carbocycles. The van der Waals surface area contributed by atoms with Gasteiger partial charge in [-0.2, -0.15) is 5.10 Å². The molecule has 0 aliphatic rings. The third kappa shape index (κ3) is 2.63. The molecule has 0 saturated heterocycles. The number of terminal acetylenes is 1. The molecule has 0 bridgehead atoms. The molecule has 1 heterocycles. The molecule has 14 heavy (non-hydrogen) atoms. The van der Waals surface area contributed by atoms with Gasteiger partial charge >= 0.3 is 0 Å². The fraction of sp³-hybridized carbons (Fsp3) is 0.583. The average Bonchev–Trinajstić information content (AvgIpc) is 2.61. The predicted octanol–water partition coefficient (Wildman–Crippen LogP) is 2.42. The monoisotopic (exact) mass is 190 g/mol. The summed E-state index contributed by atoms with van der Waals surface area (Å²) in [5.74, 6) is 2.66. The van der Waals surface area contributed by atoms with E-state index in [4.69, 9.17) is 6.42 Å². The summed E-state index contributed by atoms with van der Waals surface area (Å²) in [6.07, 6.45) is 9.13. The van der Waals surface area contributed by atoms with Crippen molar-refractivity contribution < 1.29 is 0 Å². The van der Waals surface area contributed by atoms with Crippen LogP contribution in [-0.4, -0.2) is 9.78 Å². The zero-order chi connectivity index (χ0) is 10.4. The molecule has 2 nitrogen and oxygen atoms in total. The van der Waals surface area contributed by atoms with E-state index >= 15 is 0 Å². The molecule has 0 aromatic carbocycles. The number of hydrogen-bond donors (Lipinski definition) is 0. The van der Waals surface area contributed by atoms with Gasteiger partial charge in [0.05, 0.1) is 5.69 Å². The van der Waals surface area contributed by atoms with E-state index < -0.39 is 0 Å². The van der Waals surface area contributed by atoms with Crippen LogP contribution in [0.25, 0.3) is 0 Å². The van der Waals surface area contributed by atoms with Crippen LogP contribution in [0.15, 0.2) is 6.07 Å². The molecule has 0 radical (unpaired) electrons. The highest BCUT2D eigenvalue weighted by Crippen LogP contribution is 2.07. The molecule has 1 aromatic rings. The van der Waals surface area contributed by atoms with Gasteiger partial charge in [0.25, 0.3) is 0 Å². The van der Waals surface area contributed by atoms with Crippen molar-refractivity contribution in [1.82, 2.24) is 9.78 Å². The van der Waals surface area contributed by atoms with Crippen LogP contribution in [0.5, 0.6) is 0 Å². The van der Waals surface area contributed by atoms with Gasteiger partial charge in [-0.25, -0.2) is 0 Å². The van der Waals surface area contributed by atoms with Crippen molar-refractivity contribution >= 4 is 0 Å². The van der Waals surface area contributed by atoms with Crippen molar-refractivity contribution in [3.63, 3.8) is 0 Å². The van der Waals surface area contributed by atoms with E-state index in [0.29, 0.717) is 0 Å². The predicted molar refractivity (Wildman–Crippen MR) is 59.1 cm³/mol. The Morgan fingerprint density at radius 3 is 2.79 bits per heavy atom. The van der Waals surface area contributed by atoms with Gasteiger partial charge in [0.2, 0.25) is 0 Å². The van der Waals surface area contributed by atoms with Crippen molar-refractivity contribution in [2.24, 2.45) is 0 Å². The molecule has 0 atom stereocenters. The second kappa shape index (κ2) is 5.49.